The number of carbonyl (C=O) groups is 1. The highest BCUT2D eigenvalue weighted by atomic mass is 16.2. The Morgan fingerprint density at radius 2 is 1.85 bits per heavy atom. The molecule has 1 amide bonds. The molecule has 0 N–H and O–H groups in total. The zero-order valence-corrected chi connectivity index (χ0v) is 11.8. The maximum Gasteiger partial charge on any atom is 0.254 e. The predicted molar refractivity (Wildman–Crippen MR) is 80.1 cm³/mol. The van der Waals surface area contributed by atoms with Gasteiger partial charge in [-0.2, -0.15) is 0 Å². The number of nitrogens with zero attached hydrogens (tertiary/aromatic N) is 1. The summed E-state index contributed by atoms with van der Waals surface area (Å²) >= 11 is 0. The van der Waals surface area contributed by atoms with Crippen molar-refractivity contribution in [3.05, 3.63) is 41.5 Å². The fraction of sp³-hybridized carbons (Fsp3) is 0.500. The maximum absolute atomic E-state index is 12.9. The van der Waals surface area contributed by atoms with Crippen LogP contribution in [0.15, 0.2) is 35.9 Å². The van der Waals surface area contributed by atoms with Crippen molar-refractivity contribution in [1.82, 2.24) is 4.90 Å². The molecule has 20 heavy (non-hydrogen) atoms. The summed E-state index contributed by atoms with van der Waals surface area (Å²) in [6, 6.07) is 10.8. The first-order valence-corrected chi connectivity index (χ1v) is 7.95. The highest BCUT2D eigenvalue weighted by Crippen LogP contribution is 2.46. The number of hydrogen-bond donors (Lipinski definition) is 0. The summed E-state index contributed by atoms with van der Waals surface area (Å²) in [5.41, 5.74) is 3.63. The highest BCUT2D eigenvalue weighted by Gasteiger charge is 2.44. The first kappa shape index (κ1) is 12.2. The Balaban J connectivity index is 1.86. The van der Waals surface area contributed by atoms with Gasteiger partial charge in [-0.25, -0.2) is 0 Å². The molecule has 0 bridgehead atoms. The molecule has 0 unspecified atom stereocenters. The monoisotopic (exact) mass is 267 g/mol. The number of fused-ring (bicyclic) bond motifs is 3. The molecule has 2 atom stereocenters. The van der Waals surface area contributed by atoms with Crippen molar-refractivity contribution in [2.75, 3.05) is 6.54 Å². The highest BCUT2D eigenvalue weighted by molar-refractivity contribution is 6.21. The van der Waals surface area contributed by atoms with E-state index in [2.05, 4.69) is 17.0 Å². The zero-order chi connectivity index (χ0) is 13.5. The van der Waals surface area contributed by atoms with E-state index in [-0.39, 0.29) is 0 Å². The first-order chi connectivity index (χ1) is 9.86. The van der Waals surface area contributed by atoms with Gasteiger partial charge >= 0.3 is 0 Å². The maximum atomic E-state index is 12.9. The largest absolute Gasteiger partial charge is 0.335 e. The molecule has 2 heterocycles. The molecule has 1 saturated heterocycles. The number of amides is 1. The fourth-order valence-electron chi connectivity index (χ4n) is 4.43. The molecule has 1 aromatic rings. The van der Waals surface area contributed by atoms with Crippen LogP contribution < -0.4 is 0 Å². The van der Waals surface area contributed by atoms with E-state index >= 15 is 0 Å². The summed E-state index contributed by atoms with van der Waals surface area (Å²) in [6.45, 7) is 0.962. The lowest BCUT2D eigenvalue weighted by Gasteiger charge is -2.42. The van der Waals surface area contributed by atoms with Gasteiger partial charge in [-0.15, -0.1) is 0 Å². The Labute approximate surface area is 120 Å². The van der Waals surface area contributed by atoms with Crippen molar-refractivity contribution in [2.24, 2.45) is 5.92 Å². The standard InChI is InChI=1S/C18H21NO/c20-18-17(13-7-2-1-3-8-13)15-10-5-4-9-14(15)16-11-6-12-19(16)18/h1-3,7-8,14,16H,4-6,9-12H2/t14-,16+/m0/s1. The van der Waals surface area contributed by atoms with Gasteiger partial charge in [0.2, 0.25) is 0 Å². The predicted octanol–water partition coefficient (Wildman–Crippen LogP) is 3.64. The van der Waals surface area contributed by atoms with Crippen LogP contribution in [0.4, 0.5) is 0 Å². The van der Waals surface area contributed by atoms with Crippen molar-refractivity contribution in [3.8, 4) is 0 Å². The van der Waals surface area contributed by atoms with E-state index in [9.17, 15) is 4.79 Å². The smallest absolute Gasteiger partial charge is 0.254 e. The van der Waals surface area contributed by atoms with Crippen LogP contribution >= 0.6 is 0 Å². The lowest BCUT2D eigenvalue weighted by Crippen LogP contribution is -2.46. The number of carbonyl (C=O) groups excluding carboxylic acids is 1. The quantitative estimate of drug-likeness (QED) is 0.761. The topological polar surface area (TPSA) is 20.3 Å². The van der Waals surface area contributed by atoms with Crippen molar-refractivity contribution in [3.63, 3.8) is 0 Å². The molecule has 2 aliphatic heterocycles. The molecule has 2 fully saturated rings. The van der Waals surface area contributed by atoms with Crippen molar-refractivity contribution in [2.45, 2.75) is 44.6 Å². The van der Waals surface area contributed by atoms with Crippen molar-refractivity contribution >= 4 is 11.5 Å². The van der Waals surface area contributed by atoms with Crippen LogP contribution in [-0.2, 0) is 4.79 Å². The normalized spacial score (nSPS) is 29.4. The second kappa shape index (κ2) is 4.76. The third kappa shape index (κ3) is 1.74. The van der Waals surface area contributed by atoms with Crippen molar-refractivity contribution in [1.29, 1.82) is 0 Å². The summed E-state index contributed by atoms with van der Waals surface area (Å²) in [5, 5.41) is 0. The Bertz CT molecular complexity index is 560. The molecule has 2 nitrogen and oxygen atoms in total. The summed E-state index contributed by atoms with van der Waals surface area (Å²) in [7, 11) is 0. The third-order valence-corrected chi connectivity index (χ3v) is 5.28. The van der Waals surface area contributed by atoms with E-state index < -0.39 is 0 Å². The van der Waals surface area contributed by atoms with Crippen LogP contribution in [0.3, 0.4) is 0 Å². The van der Waals surface area contributed by atoms with Crippen LogP contribution in [0.25, 0.3) is 5.57 Å². The molecular formula is C18H21NO. The molecule has 1 aliphatic carbocycles. The van der Waals surface area contributed by atoms with Gasteiger partial charge in [0, 0.05) is 24.1 Å². The lowest BCUT2D eigenvalue weighted by atomic mass is 9.73. The summed E-state index contributed by atoms with van der Waals surface area (Å²) in [4.78, 5) is 15.1. The number of hydrogen-bond acceptors (Lipinski definition) is 1. The number of rotatable bonds is 1. The minimum Gasteiger partial charge on any atom is -0.335 e. The summed E-state index contributed by atoms with van der Waals surface area (Å²) in [5.74, 6) is 0.936. The van der Waals surface area contributed by atoms with Gasteiger partial charge in [-0.1, -0.05) is 42.3 Å². The molecule has 0 aromatic heterocycles. The van der Waals surface area contributed by atoms with Gasteiger partial charge in [0.05, 0.1) is 0 Å². The van der Waals surface area contributed by atoms with E-state index in [4.69, 9.17) is 0 Å². The van der Waals surface area contributed by atoms with E-state index in [1.54, 1.807) is 0 Å². The first-order valence-electron chi connectivity index (χ1n) is 7.95. The van der Waals surface area contributed by atoms with Crippen LogP contribution in [0.1, 0.15) is 44.1 Å². The van der Waals surface area contributed by atoms with E-state index in [0.29, 0.717) is 17.9 Å². The van der Waals surface area contributed by atoms with Crippen LogP contribution in [0.5, 0.6) is 0 Å². The average Bonchev–Trinajstić information content (AvgIpc) is 2.99. The van der Waals surface area contributed by atoms with Crippen LogP contribution in [0, 0.1) is 5.92 Å². The van der Waals surface area contributed by atoms with Gasteiger partial charge in [-0.3, -0.25) is 4.79 Å². The minimum atomic E-state index is 0.298. The second-order valence-electron chi connectivity index (χ2n) is 6.33. The van der Waals surface area contributed by atoms with Crippen LogP contribution in [0.2, 0.25) is 0 Å². The van der Waals surface area contributed by atoms with Gasteiger partial charge in [0.1, 0.15) is 0 Å². The van der Waals surface area contributed by atoms with E-state index in [1.807, 2.05) is 18.2 Å². The zero-order valence-electron chi connectivity index (χ0n) is 11.8. The van der Waals surface area contributed by atoms with Gasteiger partial charge in [0.15, 0.2) is 0 Å². The van der Waals surface area contributed by atoms with Gasteiger partial charge in [0.25, 0.3) is 5.91 Å². The van der Waals surface area contributed by atoms with Gasteiger partial charge in [-0.05, 0) is 37.7 Å². The van der Waals surface area contributed by atoms with Crippen LogP contribution in [-0.4, -0.2) is 23.4 Å². The second-order valence-corrected chi connectivity index (χ2v) is 6.33. The Morgan fingerprint density at radius 1 is 1.00 bits per heavy atom. The fourth-order valence-corrected chi connectivity index (χ4v) is 4.43. The van der Waals surface area contributed by atoms with Crippen molar-refractivity contribution < 1.29 is 4.79 Å². The molecular weight excluding hydrogens is 246 g/mol. The van der Waals surface area contributed by atoms with Gasteiger partial charge < -0.3 is 4.90 Å². The minimum absolute atomic E-state index is 0.298. The Morgan fingerprint density at radius 3 is 2.70 bits per heavy atom. The van der Waals surface area contributed by atoms with E-state index in [0.717, 1.165) is 24.1 Å². The summed E-state index contributed by atoms with van der Waals surface area (Å²) in [6.07, 6.45) is 7.38. The molecule has 0 spiro atoms. The lowest BCUT2D eigenvalue weighted by molar-refractivity contribution is -0.127. The van der Waals surface area contributed by atoms with E-state index in [1.165, 1.54) is 37.7 Å². The SMILES string of the molecule is O=C1C(c2ccccc2)=C2CCCC[C@@H]2[C@H]2CCCN12. The molecule has 0 radical (unpaired) electrons. The third-order valence-electron chi connectivity index (χ3n) is 5.28. The number of benzene rings is 1. The molecule has 4 rings (SSSR count). The molecule has 1 saturated carbocycles. The summed E-state index contributed by atoms with van der Waals surface area (Å²) < 4.78 is 0. The Kier molecular flexibility index (Phi) is 2.90. The Hall–Kier alpha value is -1.57. The molecule has 104 valence electrons. The molecule has 2 heteroatoms. The molecule has 1 aromatic carbocycles. The molecule has 3 aliphatic rings. The average molecular weight is 267 g/mol.